The van der Waals surface area contributed by atoms with Gasteiger partial charge in [-0.25, -0.2) is 0 Å². The lowest BCUT2D eigenvalue weighted by Crippen LogP contribution is -2.08. The number of hydrogen-bond donors (Lipinski definition) is 0. The van der Waals surface area contributed by atoms with Crippen LogP contribution in [0, 0.1) is 0 Å². The van der Waals surface area contributed by atoms with Gasteiger partial charge in [-0.05, 0) is 12.7 Å². The third-order valence-electron chi connectivity index (χ3n) is 1.51. The first-order valence-electron chi connectivity index (χ1n) is 8.30. The zero-order valence-corrected chi connectivity index (χ0v) is 10.5. The maximum atomic E-state index is 12.1. The third-order valence-corrected chi connectivity index (χ3v) is 3.30. The summed E-state index contributed by atoms with van der Waals surface area (Å²) in [6.07, 6.45) is -16.2. The maximum Gasteiger partial charge on any atom is 0.337 e. The van der Waals surface area contributed by atoms with Crippen LogP contribution >= 0.6 is 7.60 Å². The number of carbonyl (C=O) groups excluding carboxylic acids is 2. The summed E-state index contributed by atoms with van der Waals surface area (Å²) < 4.78 is 85.8. The fourth-order valence-corrected chi connectivity index (χ4v) is 1.49. The largest absolute Gasteiger partial charge is 0.469 e. The molecule has 0 amide bonds. The van der Waals surface area contributed by atoms with Crippen LogP contribution in [-0.4, -0.2) is 39.2 Å². The Balaban J connectivity index is 6.00. The van der Waals surface area contributed by atoms with Crippen molar-refractivity contribution in [2.24, 2.45) is 0 Å². The molecule has 0 spiro atoms. The Labute approximate surface area is 112 Å². The molecule has 6 nitrogen and oxygen atoms in total. The molecule has 0 aromatic heterocycles. The quantitative estimate of drug-likeness (QED) is 0.471. The van der Waals surface area contributed by atoms with Crippen LogP contribution in [0.25, 0.3) is 0 Å². The van der Waals surface area contributed by atoms with Crippen LogP contribution in [0.4, 0.5) is 0 Å². The van der Waals surface area contributed by atoms with E-state index in [-0.39, 0.29) is 0 Å². The second-order valence-electron chi connectivity index (χ2n) is 2.55. The van der Waals surface area contributed by atoms with E-state index in [1.165, 1.54) is 0 Å². The molecule has 0 atom stereocenters. The van der Waals surface area contributed by atoms with Gasteiger partial charge < -0.3 is 13.8 Å². The molecule has 0 aliphatic heterocycles. The summed E-state index contributed by atoms with van der Waals surface area (Å²) in [6, 6.07) is 0. The molecule has 0 N–H and O–H groups in total. The van der Waals surface area contributed by atoms with E-state index < -0.39 is 51.0 Å². The highest BCUT2D eigenvalue weighted by molar-refractivity contribution is 7.54. The van der Waals surface area contributed by atoms with Crippen LogP contribution < -0.4 is 0 Å². The zero-order valence-electron chi connectivity index (χ0n) is 17.6. The van der Waals surface area contributed by atoms with Crippen molar-refractivity contribution in [1.29, 1.82) is 0 Å². The van der Waals surface area contributed by atoms with Crippen molar-refractivity contribution in [2.75, 3.05) is 27.5 Å². The highest BCUT2D eigenvalue weighted by atomic mass is 31.2. The molecule has 17 heavy (non-hydrogen) atoms. The van der Waals surface area contributed by atoms with Crippen molar-refractivity contribution in [1.82, 2.24) is 0 Å². The first-order valence-corrected chi connectivity index (χ1v) is 6.03. The molecule has 0 rings (SSSR count). The number of carbonyl (C=O) groups is 2. The van der Waals surface area contributed by atoms with Crippen molar-refractivity contribution in [3.05, 3.63) is 0 Å². The molecular weight excluding hydrogens is 247 g/mol. The Morgan fingerprint density at radius 3 is 2.12 bits per heavy atom. The molecule has 0 bridgehead atoms. The van der Waals surface area contributed by atoms with Gasteiger partial charge in [0.1, 0.15) is 11.9 Å². The van der Waals surface area contributed by atoms with Gasteiger partial charge in [0.2, 0.25) is 0 Å². The molecule has 7 heteroatoms. The van der Waals surface area contributed by atoms with Gasteiger partial charge in [-0.15, -0.1) is 0 Å². The van der Waals surface area contributed by atoms with Crippen LogP contribution in [0.2, 0.25) is 0 Å². The molecule has 100 valence electrons. The summed E-state index contributed by atoms with van der Waals surface area (Å²) in [5.41, 5.74) is 0. The number of Topliss-reactive ketones (excluding diaryl/α,β-unsaturated/α-hetero) is 1. The van der Waals surface area contributed by atoms with Gasteiger partial charge in [-0.2, -0.15) is 0 Å². The van der Waals surface area contributed by atoms with Crippen molar-refractivity contribution >= 4 is 19.3 Å². The Morgan fingerprint density at radius 2 is 1.65 bits per heavy atom. The van der Waals surface area contributed by atoms with E-state index in [2.05, 4.69) is 13.8 Å². The van der Waals surface area contributed by atoms with E-state index in [0.29, 0.717) is 0 Å². The van der Waals surface area contributed by atoms with Gasteiger partial charge in [0.05, 0.1) is 7.11 Å². The van der Waals surface area contributed by atoms with Crippen LogP contribution in [0.5, 0.6) is 0 Å². The topological polar surface area (TPSA) is 78.9 Å². The van der Waals surface area contributed by atoms with Gasteiger partial charge in [0.25, 0.3) is 0 Å². The van der Waals surface area contributed by atoms with E-state index in [9.17, 15) is 14.2 Å². The summed E-state index contributed by atoms with van der Waals surface area (Å²) >= 11 is 0. The summed E-state index contributed by atoms with van der Waals surface area (Å²) in [6.45, 7) is 0. The standard InChI is InChI=1S/C10H19O6P/c1-14-10(12)7-5-4-6-9(11)8-17(13,15-2)16-3/h4-8H2,1-3H3/i4D2,5D2,6D2,7D2. The average molecular weight is 274 g/mol. The van der Waals surface area contributed by atoms with Crippen molar-refractivity contribution < 1.29 is 38.9 Å². The predicted octanol–water partition coefficient (Wildman–Crippen LogP) is 1.77. The minimum Gasteiger partial charge on any atom is -0.469 e. The fourth-order valence-electron chi connectivity index (χ4n) is 0.653. The zero-order chi connectivity index (χ0) is 20.5. The Kier molecular flexibility index (Phi) is 3.47. The Hall–Kier alpha value is -0.710. The van der Waals surface area contributed by atoms with E-state index >= 15 is 0 Å². The first kappa shape index (κ1) is 7.02. The van der Waals surface area contributed by atoms with Gasteiger partial charge in [-0.3, -0.25) is 14.2 Å². The first-order chi connectivity index (χ1) is 11.0. The number of methoxy groups -OCH3 is 1. The fraction of sp³-hybridized carbons (Fsp3) is 0.800. The summed E-state index contributed by atoms with van der Waals surface area (Å²) in [5.74, 6) is -3.47. The SMILES string of the molecule is [2H]C([2H])(C(=O)CP(=O)(OC)OC)C([2H])([2H])C([2H])([2H])C([2H])([2H])C(=O)OC. The third kappa shape index (κ3) is 7.26. The number of hydrogen-bond acceptors (Lipinski definition) is 6. The molecule has 0 aliphatic carbocycles. The monoisotopic (exact) mass is 274 g/mol. The average Bonchev–Trinajstić information content (AvgIpc) is 2.52. The highest BCUT2D eigenvalue weighted by Crippen LogP contribution is 2.46. The molecule has 0 unspecified atom stereocenters. The molecule has 0 radical (unpaired) electrons. The number of ether oxygens (including phenoxy) is 1. The van der Waals surface area contributed by atoms with E-state index in [1.54, 1.807) is 0 Å². The molecule has 0 fully saturated rings. The van der Waals surface area contributed by atoms with Gasteiger partial charge in [0, 0.05) is 37.9 Å². The molecule has 0 aromatic carbocycles. The smallest absolute Gasteiger partial charge is 0.337 e. The predicted molar refractivity (Wildman–Crippen MR) is 62.0 cm³/mol. The van der Waals surface area contributed by atoms with Gasteiger partial charge in [-0.1, -0.05) is 0 Å². The summed E-state index contributed by atoms with van der Waals surface area (Å²) in [7, 11) is -1.52. The molecule has 0 aromatic rings. The van der Waals surface area contributed by atoms with Crippen molar-refractivity contribution in [3.63, 3.8) is 0 Å². The van der Waals surface area contributed by atoms with Crippen molar-refractivity contribution in [2.45, 2.75) is 25.5 Å². The van der Waals surface area contributed by atoms with Gasteiger partial charge in [0.15, 0.2) is 0 Å². The molecular formula is C10H19O6P. The maximum absolute atomic E-state index is 12.1. The lowest BCUT2D eigenvalue weighted by atomic mass is 10.1. The Bertz CT molecular complexity index is 570. The number of rotatable bonds is 9. The van der Waals surface area contributed by atoms with Crippen LogP contribution in [0.3, 0.4) is 0 Å². The second kappa shape index (κ2) is 8.39. The Morgan fingerprint density at radius 1 is 1.12 bits per heavy atom. The second-order valence-corrected chi connectivity index (χ2v) is 4.82. The molecule has 0 saturated heterocycles. The minimum atomic E-state index is -4.09. The summed E-state index contributed by atoms with van der Waals surface area (Å²) in [5, 5.41) is 0. The van der Waals surface area contributed by atoms with E-state index in [4.69, 9.17) is 11.0 Å². The van der Waals surface area contributed by atoms with Crippen molar-refractivity contribution in [3.8, 4) is 0 Å². The summed E-state index contributed by atoms with van der Waals surface area (Å²) in [4.78, 5) is 23.6. The van der Waals surface area contributed by atoms with Crippen LogP contribution in [-0.2, 0) is 27.9 Å². The number of esters is 1. The lowest BCUT2D eigenvalue weighted by molar-refractivity contribution is -0.140. The normalized spacial score (nSPS) is 21.6. The lowest BCUT2D eigenvalue weighted by Gasteiger charge is -2.12. The number of ketones is 1. The molecule has 0 aliphatic rings. The van der Waals surface area contributed by atoms with Crippen LogP contribution in [0.1, 0.15) is 36.5 Å². The molecule has 0 heterocycles. The van der Waals surface area contributed by atoms with Gasteiger partial charge >= 0.3 is 13.6 Å². The van der Waals surface area contributed by atoms with E-state index in [0.717, 1.165) is 21.3 Å². The van der Waals surface area contributed by atoms with Crippen LogP contribution in [0.15, 0.2) is 0 Å². The highest BCUT2D eigenvalue weighted by Gasteiger charge is 2.24. The van der Waals surface area contributed by atoms with E-state index in [1.807, 2.05) is 0 Å². The minimum absolute atomic E-state index is 0.735. The molecule has 0 saturated carbocycles.